The van der Waals surface area contributed by atoms with Crippen LogP contribution in [0.2, 0.25) is 11.1 Å². The second-order valence-corrected chi connectivity index (χ2v) is 6.17. The minimum Gasteiger partial charge on any atom is -0.432 e. The molecular weight excluding hydrogens is 171 g/mol. The summed E-state index contributed by atoms with van der Waals surface area (Å²) in [5.41, 5.74) is 0. The molecule has 2 aliphatic rings. The predicted octanol–water partition coefficient (Wildman–Crippen LogP) is 3.90. The van der Waals surface area contributed by atoms with Crippen molar-refractivity contribution in [2.24, 2.45) is 0 Å². The maximum atomic E-state index is 6.30. The zero-order valence-corrected chi connectivity index (χ0v) is 9.88. The van der Waals surface area contributed by atoms with Crippen LogP contribution < -0.4 is 0 Å². The molecule has 0 atom stereocenters. The monoisotopic (exact) mass is 194 g/mol. The summed E-state index contributed by atoms with van der Waals surface area (Å²) in [4.78, 5) is 0. The average Bonchev–Trinajstić information content (AvgIpc) is 2.31. The zero-order valence-electron chi connectivity index (χ0n) is 9.88. The minimum atomic E-state index is 0.331. The van der Waals surface area contributed by atoms with Gasteiger partial charge in [-0.1, -0.05) is 46.5 Å². The molecule has 1 nitrogen and oxygen atoms in total. The molecule has 2 bridgehead atoms. The van der Waals surface area contributed by atoms with Crippen LogP contribution in [-0.4, -0.2) is 13.0 Å². The van der Waals surface area contributed by atoms with Crippen molar-refractivity contribution < 1.29 is 4.65 Å². The van der Waals surface area contributed by atoms with Crippen LogP contribution in [0, 0.1) is 0 Å². The third-order valence-corrected chi connectivity index (χ3v) is 3.82. The number of rotatable bonds is 0. The van der Waals surface area contributed by atoms with Crippen LogP contribution in [0.15, 0.2) is 0 Å². The summed E-state index contributed by atoms with van der Waals surface area (Å²) in [6.07, 6.45) is 8.78. The zero-order chi connectivity index (χ0) is 10.2. The van der Waals surface area contributed by atoms with Gasteiger partial charge in [-0.3, -0.25) is 0 Å². The van der Waals surface area contributed by atoms with Gasteiger partial charge in [0.1, 0.15) is 0 Å². The van der Waals surface area contributed by atoms with Crippen molar-refractivity contribution in [3.8, 4) is 0 Å². The van der Waals surface area contributed by atoms with Crippen molar-refractivity contribution in [3.05, 3.63) is 0 Å². The summed E-state index contributed by atoms with van der Waals surface area (Å²) in [6, 6.07) is 0. The molecule has 0 saturated carbocycles. The van der Waals surface area contributed by atoms with E-state index in [0.29, 0.717) is 18.3 Å². The SMILES string of the molecule is CC(C)(C)B1OC2CCCC1CCC2. The Morgan fingerprint density at radius 3 is 2.07 bits per heavy atom. The molecule has 14 heavy (non-hydrogen) atoms. The second kappa shape index (κ2) is 3.88. The fourth-order valence-corrected chi connectivity index (χ4v) is 3.17. The van der Waals surface area contributed by atoms with Gasteiger partial charge in [-0.05, 0) is 24.0 Å². The molecule has 0 aromatic heterocycles. The highest BCUT2D eigenvalue weighted by atomic mass is 16.4. The minimum absolute atomic E-state index is 0.331. The Hall–Kier alpha value is 0.0249. The third kappa shape index (κ3) is 2.16. The molecule has 0 aromatic rings. The molecule has 0 N–H and O–H groups in total. The van der Waals surface area contributed by atoms with Crippen molar-refractivity contribution in [2.75, 3.05) is 0 Å². The Bertz CT molecular complexity index is 187. The van der Waals surface area contributed by atoms with E-state index in [1.54, 1.807) is 0 Å². The van der Waals surface area contributed by atoms with Crippen molar-refractivity contribution in [1.29, 1.82) is 0 Å². The largest absolute Gasteiger partial charge is 0.432 e. The lowest BCUT2D eigenvalue weighted by atomic mass is 9.39. The Balaban J connectivity index is 2.16. The van der Waals surface area contributed by atoms with Crippen molar-refractivity contribution in [3.63, 3.8) is 0 Å². The van der Waals surface area contributed by atoms with Crippen LogP contribution in [-0.2, 0) is 4.65 Å². The van der Waals surface area contributed by atoms with Gasteiger partial charge in [-0.15, -0.1) is 0 Å². The first-order valence-electron chi connectivity index (χ1n) is 6.23. The molecule has 2 saturated heterocycles. The Morgan fingerprint density at radius 2 is 1.57 bits per heavy atom. The third-order valence-electron chi connectivity index (χ3n) is 3.82. The fourth-order valence-electron chi connectivity index (χ4n) is 3.17. The highest BCUT2D eigenvalue weighted by molar-refractivity contribution is 6.57. The van der Waals surface area contributed by atoms with E-state index >= 15 is 0 Å². The topological polar surface area (TPSA) is 9.23 Å². The number of hydrogen-bond acceptors (Lipinski definition) is 1. The summed E-state index contributed by atoms with van der Waals surface area (Å²) >= 11 is 0. The molecule has 2 heterocycles. The first-order chi connectivity index (χ1) is 6.57. The van der Waals surface area contributed by atoms with E-state index in [9.17, 15) is 0 Å². The number of fused-ring (bicyclic) bond motifs is 3. The van der Waals surface area contributed by atoms with Crippen LogP contribution in [0.5, 0.6) is 0 Å². The van der Waals surface area contributed by atoms with Gasteiger partial charge in [0, 0.05) is 6.10 Å². The van der Waals surface area contributed by atoms with Crippen LogP contribution in [0.3, 0.4) is 0 Å². The molecule has 0 radical (unpaired) electrons. The summed E-state index contributed by atoms with van der Waals surface area (Å²) in [5.74, 6) is 0.836. The first kappa shape index (κ1) is 10.5. The fraction of sp³-hybridized carbons (Fsp3) is 1.00. The quantitative estimate of drug-likeness (QED) is 0.531. The molecule has 0 spiro atoms. The average molecular weight is 194 g/mol. The summed E-state index contributed by atoms with van der Waals surface area (Å²) in [7, 11) is 0. The Kier molecular flexibility index (Phi) is 2.92. The van der Waals surface area contributed by atoms with Gasteiger partial charge in [0.2, 0.25) is 0 Å². The van der Waals surface area contributed by atoms with Crippen LogP contribution in [0.25, 0.3) is 0 Å². The predicted molar refractivity (Wildman–Crippen MR) is 61.8 cm³/mol. The molecule has 2 aliphatic heterocycles. The van der Waals surface area contributed by atoms with E-state index < -0.39 is 0 Å². The molecule has 2 rings (SSSR count). The van der Waals surface area contributed by atoms with Gasteiger partial charge < -0.3 is 4.65 Å². The van der Waals surface area contributed by atoms with Gasteiger partial charge >= 0.3 is 6.92 Å². The maximum absolute atomic E-state index is 6.30. The summed E-state index contributed by atoms with van der Waals surface area (Å²) < 4.78 is 6.30. The summed E-state index contributed by atoms with van der Waals surface area (Å²) in [5, 5.41) is 0.331. The lowest BCUT2D eigenvalue weighted by Crippen LogP contribution is -2.34. The highest BCUT2D eigenvalue weighted by Gasteiger charge is 2.42. The Labute approximate surface area is 88.7 Å². The highest BCUT2D eigenvalue weighted by Crippen LogP contribution is 2.45. The molecule has 2 heteroatoms. The molecule has 2 fully saturated rings. The Morgan fingerprint density at radius 1 is 1.00 bits per heavy atom. The normalized spacial score (nSPS) is 34.1. The van der Waals surface area contributed by atoms with Crippen LogP contribution in [0.4, 0.5) is 0 Å². The van der Waals surface area contributed by atoms with E-state index in [1.165, 1.54) is 38.5 Å². The molecule has 80 valence electrons. The number of hydrogen-bond donors (Lipinski definition) is 0. The van der Waals surface area contributed by atoms with Gasteiger partial charge in [0.05, 0.1) is 0 Å². The van der Waals surface area contributed by atoms with Crippen molar-refractivity contribution in [1.82, 2.24) is 0 Å². The van der Waals surface area contributed by atoms with Gasteiger partial charge in [0.25, 0.3) is 0 Å². The summed E-state index contributed by atoms with van der Waals surface area (Å²) in [6.45, 7) is 7.51. The molecule has 0 amide bonds. The van der Waals surface area contributed by atoms with E-state index in [-0.39, 0.29) is 0 Å². The van der Waals surface area contributed by atoms with Crippen molar-refractivity contribution in [2.45, 2.75) is 76.5 Å². The van der Waals surface area contributed by atoms with E-state index in [2.05, 4.69) is 20.8 Å². The standard InChI is InChI=1S/C12H23BO/c1-12(2,3)13-10-6-4-8-11(14-13)9-5-7-10/h10-11H,4-9H2,1-3H3. The molecule has 0 unspecified atom stereocenters. The van der Waals surface area contributed by atoms with Gasteiger partial charge in [-0.25, -0.2) is 0 Å². The molecular formula is C12H23BO. The maximum Gasteiger partial charge on any atom is 0.302 e. The van der Waals surface area contributed by atoms with Gasteiger partial charge in [-0.2, -0.15) is 0 Å². The van der Waals surface area contributed by atoms with E-state index in [4.69, 9.17) is 4.65 Å². The molecule has 0 aliphatic carbocycles. The van der Waals surface area contributed by atoms with Crippen LogP contribution >= 0.6 is 0 Å². The first-order valence-corrected chi connectivity index (χ1v) is 6.23. The lowest BCUT2D eigenvalue weighted by Gasteiger charge is -2.31. The van der Waals surface area contributed by atoms with E-state index in [1.807, 2.05) is 0 Å². The lowest BCUT2D eigenvalue weighted by molar-refractivity contribution is 0.180. The smallest absolute Gasteiger partial charge is 0.302 e. The molecule has 0 aromatic carbocycles. The van der Waals surface area contributed by atoms with Crippen molar-refractivity contribution >= 4 is 6.92 Å². The van der Waals surface area contributed by atoms with Crippen LogP contribution in [0.1, 0.15) is 59.3 Å². The van der Waals surface area contributed by atoms with E-state index in [0.717, 1.165) is 5.82 Å². The second-order valence-electron chi connectivity index (χ2n) is 6.17. The van der Waals surface area contributed by atoms with Gasteiger partial charge in [0.15, 0.2) is 0 Å².